The molecule has 2 unspecified atom stereocenters. The average molecular weight is 310 g/mol. The van der Waals surface area contributed by atoms with Crippen LogP contribution in [0.1, 0.15) is 42.4 Å². The topological polar surface area (TPSA) is 38.7 Å². The molecule has 4 rings (SSSR count). The Bertz CT molecular complexity index is 766. The van der Waals surface area contributed by atoms with Crippen molar-refractivity contribution in [2.75, 3.05) is 13.7 Å². The first kappa shape index (κ1) is 14.6. The molecule has 2 atom stereocenters. The number of aromatic hydroxyl groups is 1. The van der Waals surface area contributed by atoms with Crippen molar-refractivity contribution < 1.29 is 14.6 Å². The van der Waals surface area contributed by atoms with Crippen molar-refractivity contribution in [3.8, 4) is 22.6 Å². The number of phenolic OH excluding ortho intramolecular Hbond substituents is 1. The van der Waals surface area contributed by atoms with Gasteiger partial charge in [-0.05, 0) is 43.4 Å². The summed E-state index contributed by atoms with van der Waals surface area (Å²) < 4.78 is 11.7. The lowest BCUT2D eigenvalue weighted by Crippen LogP contribution is -2.47. The Labute approximate surface area is 136 Å². The molecule has 1 saturated heterocycles. The predicted octanol–water partition coefficient (Wildman–Crippen LogP) is 4.50. The second-order valence-electron chi connectivity index (χ2n) is 6.69. The fourth-order valence-corrected chi connectivity index (χ4v) is 4.48. The molecule has 3 heteroatoms. The van der Waals surface area contributed by atoms with E-state index in [1.165, 1.54) is 5.56 Å². The minimum Gasteiger partial charge on any atom is -0.504 e. The number of ether oxygens (including phenoxy) is 2. The Morgan fingerprint density at radius 2 is 2.00 bits per heavy atom. The normalized spacial score (nSPS) is 25.3. The van der Waals surface area contributed by atoms with Gasteiger partial charge in [0, 0.05) is 23.7 Å². The molecule has 2 aromatic rings. The third-order valence-corrected chi connectivity index (χ3v) is 5.54. The smallest absolute Gasteiger partial charge is 0.167 e. The minimum atomic E-state index is -0.323. The van der Waals surface area contributed by atoms with Gasteiger partial charge < -0.3 is 14.6 Å². The van der Waals surface area contributed by atoms with Gasteiger partial charge in [-0.2, -0.15) is 0 Å². The summed E-state index contributed by atoms with van der Waals surface area (Å²) in [6.07, 6.45) is 2.22. The van der Waals surface area contributed by atoms with Gasteiger partial charge in [0.25, 0.3) is 0 Å². The maximum absolute atomic E-state index is 10.9. The first-order chi connectivity index (χ1) is 11.1. The van der Waals surface area contributed by atoms with Crippen LogP contribution in [0.4, 0.5) is 0 Å². The highest BCUT2D eigenvalue weighted by molar-refractivity contribution is 5.82. The number of phenols is 1. The van der Waals surface area contributed by atoms with Crippen molar-refractivity contribution in [3.63, 3.8) is 0 Å². The van der Waals surface area contributed by atoms with Crippen molar-refractivity contribution in [1.29, 1.82) is 0 Å². The molecule has 0 amide bonds. The van der Waals surface area contributed by atoms with Gasteiger partial charge >= 0.3 is 0 Å². The summed E-state index contributed by atoms with van der Waals surface area (Å²) in [4.78, 5) is 0. The van der Waals surface area contributed by atoms with Crippen LogP contribution in [0, 0.1) is 6.92 Å². The van der Waals surface area contributed by atoms with Gasteiger partial charge in [0.15, 0.2) is 11.5 Å². The van der Waals surface area contributed by atoms with E-state index < -0.39 is 0 Å². The Balaban J connectivity index is 2.01. The number of hydrogen-bond acceptors (Lipinski definition) is 3. The summed E-state index contributed by atoms with van der Waals surface area (Å²) in [6, 6.07) is 10.0. The van der Waals surface area contributed by atoms with Crippen molar-refractivity contribution >= 4 is 0 Å². The molecule has 0 saturated carbocycles. The zero-order chi connectivity index (χ0) is 16.2. The second kappa shape index (κ2) is 5.00. The molecule has 120 valence electrons. The van der Waals surface area contributed by atoms with Crippen LogP contribution < -0.4 is 4.74 Å². The van der Waals surface area contributed by atoms with Crippen LogP contribution in [0.25, 0.3) is 11.1 Å². The fourth-order valence-electron chi connectivity index (χ4n) is 4.48. The van der Waals surface area contributed by atoms with E-state index in [4.69, 9.17) is 9.47 Å². The quantitative estimate of drug-likeness (QED) is 0.887. The van der Waals surface area contributed by atoms with E-state index in [1.807, 2.05) is 30.3 Å². The minimum absolute atomic E-state index is 0.226. The lowest BCUT2D eigenvalue weighted by molar-refractivity contribution is -0.110. The lowest BCUT2D eigenvalue weighted by atomic mass is 9.59. The molecular formula is C20H22O3. The van der Waals surface area contributed by atoms with Crippen molar-refractivity contribution in [3.05, 3.63) is 47.0 Å². The number of hydrogen-bond donors (Lipinski definition) is 1. The van der Waals surface area contributed by atoms with Gasteiger partial charge in [0.05, 0.1) is 7.11 Å². The van der Waals surface area contributed by atoms with Crippen LogP contribution in [-0.2, 0) is 10.3 Å². The van der Waals surface area contributed by atoms with Crippen molar-refractivity contribution in [2.24, 2.45) is 0 Å². The van der Waals surface area contributed by atoms with Crippen LogP contribution >= 0.6 is 0 Å². The molecule has 1 heterocycles. The van der Waals surface area contributed by atoms with E-state index in [0.717, 1.165) is 41.7 Å². The van der Waals surface area contributed by atoms with Crippen molar-refractivity contribution in [2.45, 2.75) is 38.2 Å². The molecule has 0 aromatic heterocycles. The summed E-state index contributed by atoms with van der Waals surface area (Å²) in [5.41, 5.74) is 5.08. The number of rotatable bonds is 2. The first-order valence-corrected chi connectivity index (χ1v) is 8.23. The van der Waals surface area contributed by atoms with Gasteiger partial charge in [-0.15, -0.1) is 0 Å². The molecule has 2 aromatic carbocycles. The Morgan fingerprint density at radius 3 is 2.70 bits per heavy atom. The third kappa shape index (κ3) is 1.80. The number of methoxy groups -OCH3 is 1. The van der Waals surface area contributed by atoms with E-state index in [9.17, 15) is 5.11 Å². The Hall–Kier alpha value is -2.00. The molecule has 1 fully saturated rings. The summed E-state index contributed by atoms with van der Waals surface area (Å²) >= 11 is 0. The largest absolute Gasteiger partial charge is 0.504 e. The highest BCUT2D eigenvalue weighted by Crippen LogP contribution is 2.64. The van der Waals surface area contributed by atoms with Crippen molar-refractivity contribution in [1.82, 2.24) is 0 Å². The Kier molecular flexibility index (Phi) is 3.17. The van der Waals surface area contributed by atoms with E-state index >= 15 is 0 Å². The monoisotopic (exact) mass is 310 g/mol. The van der Waals surface area contributed by atoms with E-state index in [-0.39, 0.29) is 11.4 Å². The summed E-state index contributed by atoms with van der Waals surface area (Å²) in [6.45, 7) is 5.01. The molecule has 0 radical (unpaired) electrons. The molecular weight excluding hydrogens is 288 g/mol. The summed E-state index contributed by atoms with van der Waals surface area (Å²) in [5, 5.41) is 10.9. The van der Waals surface area contributed by atoms with Crippen LogP contribution in [0.5, 0.6) is 11.5 Å². The summed E-state index contributed by atoms with van der Waals surface area (Å²) in [5.74, 6) is 1.19. The molecule has 1 N–H and O–H groups in total. The number of benzene rings is 2. The van der Waals surface area contributed by atoms with Crippen LogP contribution in [-0.4, -0.2) is 18.8 Å². The van der Waals surface area contributed by atoms with Crippen LogP contribution in [0.15, 0.2) is 30.3 Å². The first-order valence-electron chi connectivity index (χ1n) is 8.23. The predicted molar refractivity (Wildman–Crippen MR) is 90.1 cm³/mol. The van der Waals surface area contributed by atoms with E-state index in [2.05, 4.69) is 13.8 Å². The lowest BCUT2D eigenvalue weighted by Gasteiger charge is -2.53. The van der Waals surface area contributed by atoms with Crippen LogP contribution in [0.2, 0.25) is 0 Å². The molecule has 0 bridgehead atoms. The van der Waals surface area contributed by atoms with Gasteiger partial charge in [-0.25, -0.2) is 0 Å². The molecule has 3 nitrogen and oxygen atoms in total. The van der Waals surface area contributed by atoms with E-state index in [0.29, 0.717) is 11.7 Å². The summed E-state index contributed by atoms with van der Waals surface area (Å²) in [7, 11) is 1.62. The highest BCUT2D eigenvalue weighted by Gasteiger charge is 2.55. The zero-order valence-electron chi connectivity index (χ0n) is 13.8. The SMILES string of the molecule is COc1c(O)c(-c2ccccc2)c(C)c2c1C1(C)OCCCC21. The highest BCUT2D eigenvalue weighted by atomic mass is 16.5. The molecule has 0 spiro atoms. The van der Waals surface area contributed by atoms with Gasteiger partial charge in [0.1, 0.15) is 5.60 Å². The maximum atomic E-state index is 10.9. The molecule has 1 aliphatic heterocycles. The standard InChI is InChI=1S/C20H22O3/c1-12-15(13-8-5-4-6-9-13)18(21)19(22-3)17-16(12)14-10-7-11-23-20(14,17)2/h4-6,8-9,14,21H,7,10-11H2,1-3H3. The Morgan fingerprint density at radius 1 is 1.26 bits per heavy atom. The van der Waals surface area contributed by atoms with Crippen LogP contribution in [0.3, 0.4) is 0 Å². The number of fused-ring (bicyclic) bond motifs is 4. The van der Waals surface area contributed by atoms with Gasteiger partial charge in [0.2, 0.25) is 0 Å². The van der Waals surface area contributed by atoms with Gasteiger partial charge in [-0.1, -0.05) is 30.3 Å². The van der Waals surface area contributed by atoms with Gasteiger partial charge in [-0.3, -0.25) is 0 Å². The average Bonchev–Trinajstić information content (AvgIpc) is 2.55. The molecule has 2 aliphatic rings. The zero-order valence-corrected chi connectivity index (χ0v) is 13.8. The van der Waals surface area contributed by atoms with E-state index in [1.54, 1.807) is 7.11 Å². The molecule has 1 aliphatic carbocycles. The fraction of sp³-hybridized carbons (Fsp3) is 0.400. The molecule has 23 heavy (non-hydrogen) atoms. The maximum Gasteiger partial charge on any atom is 0.167 e. The second-order valence-corrected chi connectivity index (χ2v) is 6.69. The third-order valence-electron chi connectivity index (χ3n) is 5.54.